The fraction of sp³-hybridized carbons (Fsp3) is 0.158. The van der Waals surface area contributed by atoms with Gasteiger partial charge in [0.1, 0.15) is 0 Å². The molecule has 27 heavy (non-hydrogen) atoms. The predicted octanol–water partition coefficient (Wildman–Crippen LogP) is 2.85. The van der Waals surface area contributed by atoms with Crippen LogP contribution in [0.25, 0.3) is 11.3 Å². The Morgan fingerprint density at radius 1 is 1.11 bits per heavy atom. The van der Waals surface area contributed by atoms with Crippen molar-refractivity contribution in [3.05, 3.63) is 81.9 Å². The quantitative estimate of drug-likeness (QED) is 0.686. The topological polar surface area (TPSA) is 81.1 Å². The molecule has 1 aromatic heterocycles. The fourth-order valence-corrected chi connectivity index (χ4v) is 4.13. The van der Waals surface area contributed by atoms with Crippen LogP contribution in [0.1, 0.15) is 5.56 Å². The lowest BCUT2D eigenvalue weighted by atomic mass is 10.1. The van der Waals surface area contributed by atoms with Crippen LogP contribution in [0, 0.1) is 6.92 Å². The van der Waals surface area contributed by atoms with E-state index in [9.17, 15) is 13.2 Å². The van der Waals surface area contributed by atoms with E-state index in [1.54, 1.807) is 19.1 Å². The van der Waals surface area contributed by atoms with Crippen molar-refractivity contribution in [3.8, 4) is 11.3 Å². The maximum atomic E-state index is 12.4. The van der Waals surface area contributed by atoms with Crippen molar-refractivity contribution in [2.75, 3.05) is 6.54 Å². The minimum atomic E-state index is -3.72. The summed E-state index contributed by atoms with van der Waals surface area (Å²) >= 11 is 5.99. The van der Waals surface area contributed by atoms with E-state index in [0.29, 0.717) is 16.3 Å². The molecule has 0 aliphatic rings. The molecule has 0 spiro atoms. The second kappa shape index (κ2) is 8.04. The number of nitrogens with one attached hydrogen (secondary N) is 1. The van der Waals surface area contributed by atoms with Gasteiger partial charge in [-0.3, -0.25) is 9.36 Å². The van der Waals surface area contributed by atoms with Gasteiger partial charge in [-0.05, 0) is 24.6 Å². The molecular weight excluding hydrogens is 386 g/mol. The van der Waals surface area contributed by atoms with E-state index in [-0.39, 0.29) is 23.5 Å². The summed E-state index contributed by atoms with van der Waals surface area (Å²) in [5.74, 6) is 0. The van der Waals surface area contributed by atoms with Crippen molar-refractivity contribution in [3.63, 3.8) is 0 Å². The lowest BCUT2D eigenvalue weighted by molar-refractivity contribution is 0.568. The maximum Gasteiger partial charge on any atom is 0.253 e. The summed E-state index contributed by atoms with van der Waals surface area (Å²) in [5, 5.41) is 0.384. The lowest BCUT2D eigenvalue weighted by Gasteiger charge is -2.11. The van der Waals surface area contributed by atoms with Crippen LogP contribution in [0.4, 0.5) is 0 Å². The summed E-state index contributed by atoms with van der Waals surface area (Å²) in [5.41, 5.74) is 1.66. The number of sulfonamides is 1. The van der Waals surface area contributed by atoms with Gasteiger partial charge in [-0.2, -0.15) is 0 Å². The van der Waals surface area contributed by atoms with Crippen LogP contribution >= 0.6 is 11.6 Å². The molecule has 0 unspecified atom stereocenters. The van der Waals surface area contributed by atoms with E-state index in [1.807, 2.05) is 30.3 Å². The second-order valence-corrected chi connectivity index (χ2v) is 8.08. The smallest absolute Gasteiger partial charge is 0.253 e. The lowest BCUT2D eigenvalue weighted by Crippen LogP contribution is -2.31. The highest BCUT2D eigenvalue weighted by molar-refractivity contribution is 7.89. The normalized spacial score (nSPS) is 11.5. The van der Waals surface area contributed by atoms with Gasteiger partial charge in [-0.15, -0.1) is 0 Å². The fourth-order valence-electron chi connectivity index (χ4n) is 2.62. The molecule has 140 valence electrons. The van der Waals surface area contributed by atoms with Crippen LogP contribution in [-0.4, -0.2) is 24.5 Å². The Morgan fingerprint density at radius 3 is 2.56 bits per heavy atom. The number of hydrogen-bond acceptors (Lipinski definition) is 4. The summed E-state index contributed by atoms with van der Waals surface area (Å²) in [4.78, 5) is 16.7. The van der Waals surface area contributed by atoms with Gasteiger partial charge >= 0.3 is 0 Å². The maximum absolute atomic E-state index is 12.4. The zero-order valence-electron chi connectivity index (χ0n) is 14.6. The highest BCUT2D eigenvalue weighted by Gasteiger charge is 2.17. The molecular formula is C19H18ClN3O3S. The van der Waals surface area contributed by atoms with Crippen molar-refractivity contribution in [1.82, 2.24) is 14.3 Å². The molecule has 0 atom stereocenters. The van der Waals surface area contributed by atoms with Crippen LogP contribution in [0.15, 0.2) is 70.6 Å². The number of benzene rings is 2. The number of aromatic nitrogens is 2. The average molecular weight is 404 g/mol. The van der Waals surface area contributed by atoms with Gasteiger partial charge in [-0.25, -0.2) is 18.1 Å². The van der Waals surface area contributed by atoms with Crippen molar-refractivity contribution >= 4 is 21.6 Å². The Morgan fingerprint density at radius 2 is 1.85 bits per heavy atom. The molecule has 8 heteroatoms. The van der Waals surface area contributed by atoms with Crippen molar-refractivity contribution in [2.24, 2.45) is 0 Å². The molecule has 0 fully saturated rings. The first-order valence-electron chi connectivity index (χ1n) is 8.25. The number of rotatable bonds is 6. The summed E-state index contributed by atoms with van der Waals surface area (Å²) in [6.07, 6.45) is 1.42. The SMILES string of the molecule is Cc1c(Cl)cccc1S(=O)(=O)NCCn1cnc(-c2ccccc2)cc1=O. The molecule has 3 aromatic rings. The zero-order valence-corrected chi connectivity index (χ0v) is 16.2. The molecule has 1 N–H and O–H groups in total. The molecule has 0 amide bonds. The van der Waals surface area contributed by atoms with Crippen LogP contribution in [0.3, 0.4) is 0 Å². The molecule has 6 nitrogen and oxygen atoms in total. The average Bonchev–Trinajstić information content (AvgIpc) is 2.65. The minimum absolute atomic E-state index is 0.0561. The number of halogens is 1. The van der Waals surface area contributed by atoms with Gasteiger partial charge in [0.2, 0.25) is 10.0 Å². The third-order valence-corrected chi connectivity index (χ3v) is 6.12. The van der Waals surface area contributed by atoms with Gasteiger partial charge in [0.05, 0.1) is 16.9 Å². The van der Waals surface area contributed by atoms with Gasteiger partial charge in [0, 0.05) is 29.7 Å². The van der Waals surface area contributed by atoms with Crippen LogP contribution in [-0.2, 0) is 16.6 Å². The third kappa shape index (κ3) is 4.44. The van der Waals surface area contributed by atoms with Gasteiger partial charge in [-0.1, -0.05) is 48.0 Å². The summed E-state index contributed by atoms with van der Waals surface area (Å²) in [6.45, 7) is 1.87. The highest BCUT2D eigenvalue weighted by Crippen LogP contribution is 2.22. The molecule has 2 aromatic carbocycles. The van der Waals surface area contributed by atoms with Crippen LogP contribution in [0.2, 0.25) is 5.02 Å². The first-order chi connectivity index (χ1) is 12.9. The van der Waals surface area contributed by atoms with Crippen molar-refractivity contribution in [1.29, 1.82) is 0 Å². The van der Waals surface area contributed by atoms with E-state index in [4.69, 9.17) is 11.6 Å². The second-order valence-electron chi connectivity index (χ2n) is 5.93. The van der Waals surface area contributed by atoms with Gasteiger partial charge < -0.3 is 0 Å². The molecule has 0 bridgehead atoms. The monoisotopic (exact) mass is 403 g/mol. The van der Waals surface area contributed by atoms with E-state index >= 15 is 0 Å². The highest BCUT2D eigenvalue weighted by atomic mass is 35.5. The number of hydrogen-bond donors (Lipinski definition) is 1. The molecule has 3 rings (SSSR count). The Kier molecular flexibility index (Phi) is 5.74. The summed E-state index contributed by atoms with van der Waals surface area (Å²) < 4.78 is 28.7. The Labute approximate surface area is 162 Å². The Balaban J connectivity index is 1.70. The molecule has 1 heterocycles. The van der Waals surface area contributed by atoms with Crippen LogP contribution < -0.4 is 10.3 Å². The Bertz CT molecular complexity index is 1110. The number of nitrogens with zero attached hydrogens (tertiary/aromatic N) is 2. The van der Waals surface area contributed by atoms with Crippen LogP contribution in [0.5, 0.6) is 0 Å². The minimum Gasteiger partial charge on any atom is -0.298 e. The third-order valence-electron chi connectivity index (χ3n) is 4.10. The van der Waals surface area contributed by atoms with Crippen molar-refractivity contribution < 1.29 is 8.42 Å². The summed E-state index contributed by atoms with van der Waals surface area (Å²) in [7, 11) is -3.72. The predicted molar refractivity (Wildman–Crippen MR) is 105 cm³/mol. The van der Waals surface area contributed by atoms with E-state index in [0.717, 1.165) is 5.56 Å². The van der Waals surface area contributed by atoms with E-state index < -0.39 is 10.0 Å². The molecule has 0 aliphatic heterocycles. The summed E-state index contributed by atoms with van der Waals surface area (Å²) in [6, 6.07) is 15.5. The molecule has 0 saturated carbocycles. The van der Waals surface area contributed by atoms with E-state index in [1.165, 1.54) is 23.0 Å². The van der Waals surface area contributed by atoms with Gasteiger partial charge in [0.15, 0.2) is 0 Å². The standard InChI is InChI=1S/C19H18ClN3O3S/c1-14-16(20)8-5-9-18(14)27(25,26)22-10-11-23-13-21-17(12-19(23)24)15-6-3-2-4-7-15/h2-9,12-13,22H,10-11H2,1H3. The zero-order chi connectivity index (χ0) is 19.4. The van der Waals surface area contributed by atoms with E-state index in [2.05, 4.69) is 9.71 Å². The first kappa shape index (κ1) is 19.3. The largest absolute Gasteiger partial charge is 0.298 e. The molecule has 0 radical (unpaired) electrons. The van der Waals surface area contributed by atoms with Crippen molar-refractivity contribution in [2.45, 2.75) is 18.4 Å². The Hall–Kier alpha value is -2.48. The van der Waals surface area contributed by atoms with Gasteiger partial charge in [0.25, 0.3) is 5.56 Å². The molecule has 0 aliphatic carbocycles. The molecule has 0 saturated heterocycles. The first-order valence-corrected chi connectivity index (χ1v) is 10.1.